The minimum absolute atomic E-state index is 0. The molecule has 184 valence electrons. The van der Waals surface area contributed by atoms with Crippen LogP contribution in [0.25, 0.3) is 0 Å². The van der Waals surface area contributed by atoms with Crippen molar-refractivity contribution in [3.8, 4) is 0 Å². The van der Waals surface area contributed by atoms with E-state index in [-0.39, 0.29) is 36.0 Å². The van der Waals surface area contributed by atoms with Gasteiger partial charge in [-0.05, 0) is 44.5 Å². The lowest BCUT2D eigenvalue weighted by molar-refractivity contribution is -0.142. The summed E-state index contributed by atoms with van der Waals surface area (Å²) in [6.45, 7) is 11.4. The Balaban J connectivity index is 0.00000306. The number of rotatable bonds is 5. The number of ether oxygens (including phenoxy) is 1. The summed E-state index contributed by atoms with van der Waals surface area (Å²) in [6.07, 6.45) is 3.50. The van der Waals surface area contributed by atoms with Crippen molar-refractivity contribution in [3.63, 3.8) is 0 Å². The summed E-state index contributed by atoms with van der Waals surface area (Å²) in [5.41, 5.74) is 1.16. The number of nitrogens with zero attached hydrogens (tertiary/aromatic N) is 6. The SMILES string of the molecule is CCNC(=NCc1ccnc(N2CCN(C)CC2)c1)N1CCN(C(=O)C2CCCO2)CC1.I. The third-order valence-electron chi connectivity index (χ3n) is 6.48. The predicted octanol–water partition coefficient (Wildman–Crippen LogP) is 1.24. The molecular weight excluding hydrogens is 533 g/mol. The number of aliphatic imine (C=N–C) groups is 1. The number of nitrogens with one attached hydrogen (secondary N) is 1. The Labute approximate surface area is 214 Å². The Morgan fingerprint density at radius 1 is 1.15 bits per heavy atom. The number of hydrogen-bond donors (Lipinski definition) is 1. The zero-order chi connectivity index (χ0) is 22.3. The normalized spacial score (nSPS) is 22.3. The summed E-state index contributed by atoms with van der Waals surface area (Å²) < 4.78 is 5.58. The molecule has 3 aliphatic heterocycles. The van der Waals surface area contributed by atoms with Gasteiger partial charge in [0.05, 0.1) is 6.54 Å². The lowest BCUT2D eigenvalue weighted by atomic mass is 10.2. The highest BCUT2D eigenvalue weighted by atomic mass is 127. The van der Waals surface area contributed by atoms with Crippen LogP contribution in [0.5, 0.6) is 0 Å². The molecule has 4 heterocycles. The number of hydrogen-bond acceptors (Lipinski definition) is 6. The van der Waals surface area contributed by atoms with Crippen LogP contribution >= 0.6 is 24.0 Å². The largest absolute Gasteiger partial charge is 0.368 e. The maximum atomic E-state index is 12.6. The van der Waals surface area contributed by atoms with Crippen molar-refractivity contribution >= 4 is 41.7 Å². The van der Waals surface area contributed by atoms with E-state index in [1.165, 1.54) is 0 Å². The van der Waals surface area contributed by atoms with E-state index in [0.29, 0.717) is 26.2 Å². The van der Waals surface area contributed by atoms with Crippen molar-refractivity contribution in [3.05, 3.63) is 23.9 Å². The maximum Gasteiger partial charge on any atom is 0.251 e. The van der Waals surface area contributed by atoms with Gasteiger partial charge < -0.3 is 29.7 Å². The number of guanidine groups is 1. The molecule has 9 nitrogen and oxygen atoms in total. The number of halogens is 1. The molecule has 33 heavy (non-hydrogen) atoms. The molecule has 0 aromatic carbocycles. The summed E-state index contributed by atoms with van der Waals surface area (Å²) in [4.78, 5) is 31.0. The van der Waals surface area contributed by atoms with E-state index in [2.05, 4.69) is 45.0 Å². The zero-order valence-electron chi connectivity index (χ0n) is 19.9. The molecular formula is C23H38IN7O2. The summed E-state index contributed by atoms with van der Waals surface area (Å²) in [5, 5.41) is 3.42. The van der Waals surface area contributed by atoms with E-state index in [9.17, 15) is 4.79 Å². The van der Waals surface area contributed by atoms with Crippen molar-refractivity contribution in [2.75, 3.05) is 77.5 Å². The van der Waals surface area contributed by atoms with E-state index in [1.807, 2.05) is 17.2 Å². The van der Waals surface area contributed by atoms with Gasteiger partial charge in [-0.25, -0.2) is 9.98 Å². The third kappa shape index (κ3) is 6.92. The molecule has 1 amide bonds. The minimum Gasteiger partial charge on any atom is -0.368 e. The number of carbonyl (C=O) groups excluding carboxylic acids is 1. The smallest absolute Gasteiger partial charge is 0.251 e. The van der Waals surface area contributed by atoms with Gasteiger partial charge in [0.1, 0.15) is 11.9 Å². The van der Waals surface area contributed by atoms with Gasteiger partial charge in [-0.3, -0.25) is 4.79 Å². The second kappa shape index (κ2) is 12.7. The highest BCUT2D eigenvalue weighted by Gasteiger charge is 2.30. The first-order chi connectivity index (χ1) is 15.6. The van der Waals surface area contributed by atoms with Gasteiger partial charge in [-0.15, -0.1) is 24.0 Å². The van der Waals surface area contributed by atoms with Crippen LogP contribution in [0.4, 0.5) is 5.82 Å². The van der Waals surface area contributed by atoms with Gasteiger partial charge in [0, 0.05) is 71.7 Å². The number of likely N-dealkylation sites (N-methyl/N-ethyl adjacent to an activating group) is 1. The molecule has 1 atom stereocenters. The van der Waals surface area contributed by atoms with Crippen LogP contribution in [0, 0.1) is 0 Å². The van der Waals surface area contributed by atoms with Crippen molar-refractivity contribution in [2.45, 2.75) is 32.4 Å². The van der Waals surface area contributed by atoms with E-state index in [0.717, 1.165) is 76.0 Å². The summed E-state index contributed by atoms with van der Waals surface area (Å²) in [5.74, 6) is 2.10. The van der Waals surface area contributed by atoms with Crippen LogP contribution in [-0.4, -0.2) is 110 Å². The van der Waals surface area contributed by atoms with Gasteiger partial charge in [-0.2, -0.15) is 0 Å². The quantitative estimate of drug-likeness (QED) is 0.324. The van der Waals surface area contributed by atoms with Crippen molar-refractivity contribution < 1.29 is 9.53 Å². The molecule has 3 aliphatic rings. The standard InChI is InChI=1S/C23H37N7O2.HI/c1-3-24-23(30-14-12-29(13-15-30)22(31)20-5-4-16-32-20)26-18-19-6-7-25-21(17-19)28-10-8-27(2)9-11-28;/h6-7,17,20H,3-5,8-16,18H2,1-2H3,(H,24,26);1H. The molecule has 10 heteroatoms. The van der Waals surface area contributed by atoms with Crippen molar-refractivity contribution in [2.24, 2.45) is 4.99 Å². The Morgan fingerprint density at radius 2 is 1.88 bits per heavy atom. The number of amides is 1. The van der Waals surface area contributed by atoms with Crippen LogP contribution < -0.4 is 10.2 Å². The van der Waals surface area contributed by atoms with E-state index >= 15 is 0 Å². The van der Waals surface area contributed by atoms with Crippen LogP contribution in [0.15, 0.2) is 23.3 Å². The average Bonchev–Trinajstić information content (AvgIpc) is 3.37. The van der Waals surface area contributed by atoms with E-state index in [1.54, 1.807) is 0 Å². The fraction of sp³-hybridized carbons (Fsp3) is 0.696. The van der Waals surface area contributed by atoms with Crippen LogP contribution in [0.2, 0.25) is 0 Å². The molecule has 3 fully saturated rings. The van der Waals surface area contributed by atoms with Gasteiger partial charge in [0.15, 0.2) is 5.96 Å². The van der Waals surface area contributed by atoms with E-state index < -0.39 is 0 Å². The van der Waals surface area contributed by atoms with Gasteiger partial charge in [0.2, 0.25) is 0 Å². The predicted molar refractivity (Wildman–Crippen MR) is 141 cm³/mol. The minimum atomic E-state index is -0.232. The second-order valence-corrected chi connectivity index (χ2v) is 8.80. The van der Waals surface area contributed by atoms with Crippen molar-refractivity contribution in [1.29, 1.82) is 0 Å². The zero-order valence-corrected chi connectivity index (χ0v) is 22.2. The molecule has 1 aromatic heterocycles. The fourth-order valence-electron chi connectivity index (χ4n) is 4.47. The molecule has 1 N–H and O–H groups in total. The molecule has 0 saturated carbocycles. The van der Waals surface area contributed by atoms with Crippen LogP contribution in [-0.2, 0) is 16.1 Å². The summed E-state index contributed by atoms with van der Waals surface area (Å²) in [6, 6.07) is 4.21. The first kappa shape index (κ1) is 26.0. The molecule has 1 unspecified atom stereocenters. The van der Waals surface area contributed by atoms with Crippen molar-refractivity contribution in [1.82, 2.24) is 25.0 Å². The van der Waals surface area contributed by atoms with E-state index in [4.69, 9.17) is 9.73 Å². The number of aromatic nitrogens is 1. The Bertz CT molecular complexity index is 787. The molecule has 0 bridgehead atoms. The highest BCUT2D eigenvalue weighted by molar-refractivity contribution is 14.0. The topological polar surface area (TPSA) is 76.5 Å². The summed E-state index contributed by atoms with van der Waals surface area (Å²) >= 11 is 0. The number of anilines is 1. The maximum absolute atomic E-state index is 12.6. The third-order valence-corrected chi connectivity index (χ3v) is 6.48. The Morgan fingerprint density at radius 3 is 2.55 bits per heavy atom. The number of carbonyl (C=O) groups is 1. The number of pyridine rings is 1. The fourth-order valence-corrected chi connectivity index (χ4v) is 4.47. The molecule has 0 aliphatic carbocycles. The first-order valence-electron chi connectivity index (χ1n) is 12.0. The Hall–Kier alpha value is -1.66. The number of piperazine rings is 2. The molecule has 1 aromatic rings. The van der Waals surface area contributed by atoms with Crippen LogP contribution in [0.1, 0.15) is 25.3 Å². The first-order valence-corrected chi connectivity index (χ1v) is 12.0. The lowest BCUT2D eigenvalue weighted by Crippen LogP contribution is -2.55. The molecule has 0 radical (unpaired) electrons. The van der Waals surface area contributed by atoms with Crippen LogP contribution in [0.3, 0.4) is 0 Å². The molecule has 4 rings (SSSR count). The van der Waals surface area contributed by atoms with Gasteiger partial charge in [-0.1, -0.05) is 0 Å². The lowest BCUT2D eigenvalue weighted by Gasteiger charge is -2.37. The van der Waals surface area contributed by atoms with Gasteiger partial charge >= 0.3 is 0 Å². The van der Waals surface area contributed by atoms with Gasteiger partial charge in [0.25, 0.3) is 5.91 Å². The molecule has 3 saturated heterocycles. The highest BCUT2D eigenvalue weighted by Crippen LogP contribution is 2.17. The second-order valence-electron chi connectivity index (χ2n) is 8.80. The molecule has 0 spiro atoms. The average molecular weight is 572 g/mol. The Kier molecular flexibility index (Phi) is 9.99. The monoisotopic (exact) mass is 571 g/mol. The summed E-state index contributed by atoms with van der Waals surface area (Å²) in [7, 11) is 2.16.